The first kappa shape index (κ1) is 22.4. The lowest BCUT2D eigenvalue weighted by Gasteiger charge is -2.28. The minimum absolute atomic E-state index is 0.0277. The Kier molecular flexibility index (Phi) is 5.74. The van der Waals surface area contributed by atoms with Gasteiger partial charge in [0.15, 0.2) is 5.41 Å². The molecule has 0 spiro atoms. The first-order valence-electron chi connectivity index (χ1n) is 8.72. The van der Waals surface area contributed by atoms with Crippen LogP contribution in [0.2, 0.25) is 15.1 Å². The summed E-state index contributed by atoms with van der Waals surface area (Å²) in [5.74, 6) is 0. The molecule has 1 aliphatic rings. The van der Waals surface area contributed by atoms with E-state index in [0.717, 1.165) is 12.1 Å². The summed E-state index contributed by atoms with van der Waals surface area (Å²) in [6, 6.07) is 7.17. The van der Waals surface area contributed by atoms with Crippen LogP contribution in [0.5, 0.6) is 0 Å². The van der Waals surface area contributed by atoms with Crippen LogP contribution in [0.25, 0.3) is 5.69 Å². The van der Waals surface area contributed by atoms with Crippen LogP contribution in [0, 0.1) is 0 Å². The van der Waals surface area contributed by atoms with Crippen LogP contribution in [0.1, 0.15) is 17.5 Å². The molecule has 0 aliphatic carbocycles. The van der Waals surface area contributed by atoms with Gasteiger partial charge in [-0.05, 0) is 56.6 Å². The molecule has 0 fully saturated rings. The molecule has 0 bridgehead atoms. The lowest BCUT2D eigenvalue weighted by molar-refractivity contribution is -0.774. The Morgan fingerprint density at radius 1 is 1.13 bits per heavy atom. The van der Waals surface area contributed by atoms with E-state index >= 15 is 0 Å². The van der Waals surface area contributed by atoms with Crippen molar-refractivity contribution in [2.45, 2.75) is 18.0 Å². The van der Waals surface area contributed by atoms with Crippen molar-refractivity contribution in [2.75, 3.05) is 6.54 Å². The second kappa shape index (κ2) is 7.95. The van der Waals surface area contributed by atoms with Gasteiger partial charge in [0, 0.05) is 10.0 Å². The maximum atomic E-state index is 14.4. The van der Waals surface area contributed by atoms with E-state index < -0.39 is 24.6 Å². The predicted molar refractivity (Wildman–Crippen MR) is 114 cm³/mol. The standard InChI is InChI=1S/C19H12BrCl3F3N4O/c20-12-3-10(1-2-15(12)29-9-27-8-28-29)16-6-18(7-30(16)31,19(24,25)26)11-4-13(21)17(23)14(22)5-11/h1-5,8-9,31H,6-7H2/q+1. The van der Waals surface area contributed by atoms with Crippen molar-refractivity contribution < 1.29 is 23.1 Å². The highest BCUT2D eigenvalue weighted by molar-refractivity contribution is 9.10. The molecule has 3 aromatic rings. The first-order valence-corrected chi connectivity index (χ1v) is 10.6. The number of rotatable bonds is 3. The maximum Gasteiger partial charge on any atom is 0.405 e. The third-order valence-electron chi connectivity index (χ3n) is 5.23. The molecule has 162 valence electrons. The zero-order chi connectivity index (χ0) is 22.6. The largest absolute Gasteiger partial charge is 0.405 e. The van der Waals surface area contributed by atoms with Crippen LogP contribution in [0.3, 0.4) is 0 Å². The smallest absolute Gasteiger partial charge is 0.290 e. The predicted octanol–water partition coefficient (Wildman–Crippen LogP) is 6.08. The SMILES string of the molecule is O[N+]1=C(c2ccc(-n3cncn3)c(Br)c2)CC(c2cc(Cl)c(Cl)c(Cl)c2)(C(F)(F)F)C1. The van der Waals surface area contributed by atoms with Crippen LogP contribution < -0.4 is 0 Å². The fourth-order valence-corrected chi connectivity index (χ4v) is 4.78. The second-order valence-corrected chi connectivity index (χ2v) is 9.07. The van der Waals surface area contributed by atoms with Gasteiger partial charge in [-0.3, -0.25) is 5.21 Å². The van der Waals surface area contributed by atoms with E-state index in [1.807, 2.05) is 0 Å². The van der Waals surface area contributed by atoms with Gasteiger partial charge in [0.05, 0.1) is 27.2 Å². The summed E-state index contributed by atoms with van der Waals surface area (Å²) in [6.45, 7) is -0.720. The maximum absolute atomic E-state index is 14.4. The molecule has 2 heterocycles. The average molecular weight is 556 g/mol. The van der Waals surface area contributed by atoms with Crippen molar-refractivity contribution in [1.82, 2.24) is 14.8 Å². The molecule has 1 aromatic heterocycles. The zero-order valence-corrected chi connectivity index (χ0v) is 19.2. The molecule has 5 nitrogen and oxygen atoms in total. The molecule has 0 amide bonds. The molecule has 1 N–H and O–H groups in total. The van der Waals surface area contributed by atoms with Crippen molar-refractivity contribution in [3.8, 4) is 5.69 Å². The van der Waals surface area contributed by atoms with E-state index in [2.05, 4.69) is 26.0 Å². The topological polar surface area (TPSA) is 54.0 Å². The van der Waals surface area contributed by atoms with E-state index in [1.54, 1.807) is 18.2 Å². The summed E-state index contributed by atoms with van der Waals surface area (Å²) < 4.78 is 45.8. The van der Waals surface area contributed by atoms with Crippen molar-refractivity contribution in [3.63, 3.8) is 0 Å². The molecule has 12 heteroatoms. The fraction of sp³-hybridized carbons (Fsp3) is 0.211. The van der Waals surface area contributed by atoms with Gasteiger partial charge in [0.25, 0.3) is 0 Å². The van der Waals surface area contributed by atoms with Crippen LogP contribution in [-0.2, 0) is 5.41 Å². The van der Waals surface area contributed by atoms with Gasteiger partial charge in [0.1, 0.15) is 12.7 Å². The monoisotopic (exact) mass is 553 g/mol. The molecule has 2 aromatic carbocycles. The molecule has 4 rings (SSSR count). The zero-order valence-electron chi connectivity index (χ0n) is 15.3. The summed E-state index contributed by atoms with van der Waals surface area (Å²) in [7, 11) is 0. The van der Waals surface area contributed by atoms with Crippen LogP contribution >= 0.6 is 50.7 Å². The number of alkyl halides is 3. The van der Waals surface area contributed by atoms with Gasteiger partial charge in [-0.2, -0.15) is 18.3 Å². The number of hydroxylamine groups is 1. The van der Waals surface area contributed by atoms with Gasteiger partial charge in [-0.15, -0.1) is 0 Å². The van der Waals surface area contributed by atoms with Crippen molar-refractivity contribution in [2.24, 2.45) is 0 Å². The number of hydrogen-bond acceptors (Lipinski definition) is 3. The van der Waals surface area contributed by atoms with E-state index in [0.29, 0.717) is 20.5 Å². The van der Waals surface area contributed by atoms with Gasteiger partial charge in [-0.25, -0.2) is 9.67 Å². The van der Waals surface area contributed by atoms with E-state index in [9.17, 15) is 18.4 Å². The van der Waals surface area contributed by atoms with E-state index in [4.69, 9.17) is 34.8 Å². The molecule has 0 radical (unpaired) electrons. The third-order valence-corrected chi connectivity index (χ3v) is 7.06. The Morgan fingerprint density at radius 3 is 2.35 bits per heavy atom. The summed E-state index contributed by atoms with van der Waals surface area (Å²) in [5.41, 5.74) is -1.44. The molecule has 1 unspecified atom stereocenters. The number of aromatic nitrogens is 3. The van der Waals surface area contributed by atoms with Crippen molar-refractivity contribution in [3.05, 3.63) is 73.7 Å². The van der Waals surface area contributed by atoms with E-state index in [-0.39, 0.29) is 26.3 Å². The Balaban J connectivity index is 1.77. The number of nitrogens with zero attached hydrogens (tertiary/aromatic N) is 4. The summed E-state index contributed by atoms with van der Waals surface area (Å²) >= 11 is 21.3. The molecular weight excluding hydrogens is 543 g/mol. The highest BCUT2D eigenvalue weighted by atomic mass is 79.9. The second-order valence-electron chi connectivity index (χ2n) is 7.02. The quantitative estimate of drug-likeness (QED) is 0.242. The lowest BCUT2D eigenvalue weighted by Crippen LogP contribution is -2.45. The van der Waals surface area contributed by atoms with E-state index in [1.165, 1.54) is 17.3 Å². The highest BCUT2D eigenvalue weighted by Crippen LogP contribution is 2.49. The third kappa shape index (κ3) is 3.82. The van der Waals surface area contributed by atoms with Crippen LogP contribution in [0.15, 0.2) is 47.5 Å². The Morgan fingerprint density at radius 2 is 1.81 bits per heavy atom. The summed E-state index contributed by atoms with van der Waals surface area (Å²) in [4.78, 5) is 3.87. The van der Waals surface area contributed by atoms with Crippen molar-refractivity contribution >= 4 is 56.4 Å². The molecular formula is C19H12BrCl3F3N4O+. The Hall–Kier alpha value is -1.81. The van der Waals surface area contributed by atoms with Crippen molar-refractivity contribution in [1.29, 1.82) is 0 Å². The van der Waals surface area contributed by atoms with Crippen LogP contribution in [0.4, 0.5) is 13.2 Å². The number of benzene rings is 2. The molecule has 1 aliphatic heterocycles. The summed E-state index contributed by atoms with van der Waals surface area (Å²) in [6.07, 6.45) is -2.37. The minimum atomic E-state index is -4.70. The van der Waals surface area contributed by atoms with Gasteiger partial charge < -0.3 is 0 Å². The average Bonchev–Trinajstić information content (AvgIpc) is 3.33. The first-order chi connectivity index (χ1) is 14.5. The minimum Gasteiger partial charge on any atom is -0.290 e. The van der Waals surface area contributed by atoms with Gasteiger partial charge in [-0.1, -0.05) is 34.8 Å². The lowest BCUT2D eigenvalue weighted by atomic mass is 9.76. The molecule has 1 atom stereocenters. The molecule has 0 saturated carbocycles. The molecule has 31 heavy (non-hydrogen) atoms. The Labute approximate surface area is 197 Å². The fourth-order valence-electron chi connectivity index (χ4n) is 3.62. The Bertz CT molecular complexity index is 1180. The normalized spacial score (nSPS) is 19.3. The molecule has 0 saturated heterocycles. The number of hydrogen-bond donors (Lipinski definition) is 1. The highest BCUT2D eigenvalue weighted by Gasteiger charge is 2.64. The van der Waals surface area contributed by atoms with Gasteiger partial charge in [0.2, 0.25) is 12.3 Å². The van der Waals surface area contributed by atoms with Crippen LogP contribution in [-0.4, -0.2) is 43.1 Å². The number of halogens is 7. The summed E-state index contributed by atoms with van der Waals surface area (Å²) in [5, 5.41) is 14.3. The van der Waals surface area contributed by atoms with Gasteiger partial charge >= 0.3 is 6.18 Å².